The van der Waals surface area contributed by atoms with E-state index in [0.29, 0.717) is 0 Å². The van der Waals surface area contributed by atoms with Crippen molar-refractivity contribution in [2.45, 2.75) is 12.8 Å². The van der Waals surface area contributed by atoms with E-state index in [1.807, 2.05) is 36.9 Å². The minimum absolute atomic E-state index is 0.907. The van der Waals surface area contributed by atoms with Gasteiger partial charge in [0.25, 0.3) is 0 Å². The monoisotopic (exact) mass is 348 g/mol. The maximum atomic E-state index is 4.19. The van der Waals surface area contributed by atoms with Crippen molar-refractivity contribution >= 4 is 11.4 Å². The summed E-state index contributed by atoms with van der Waals surface area (Å²) in [5.41, 5.74) is 2.29. The van der Waals surface area contributed by atoms with Gasteiger partial charge in [-0.05, 0) is 37.1 Å². The van der Waals surface area contributed by atoms with Gasteiger partial charge < -0.3 is 19.6 Å². The van der Waals surface area contributed by atoms with Crippen molar-refractivity contribution in [1.82, 2.24) is 19.8 Å². The normalized spacial score (nSPS) is 16.2. The van der Waals surface area contributed by atoms with Crippen LogP contribution in [-0.4, -0.2) is 46.2 Å². The van der Waals surface area contributed by atoms with Gasteiger partial charge in [0, 0.05) is 50.3 Å². The third-order valence-electron chi connectivity index (χ3n) is 4.68. The Bertz CT molecular complexity index is 680. The highest BCUT2D eigenvalue weighted by atomic mass is 15.3. The zero-order valence-corrected chi connectivity index (χ0v) is 14.9. The zero-order chi connectivity index (χ0) is 17.6. The summed E-state index contributed by atoms with van der Waals surface area (Å²) in [6.45, 7) is 3.97. The summed E-state index contributed by atoms with van der Waals surface area (Å²) in [6, 6.07) is 8.14. The van der Waals surface area contributed by atoms with Gasteiger partial charge in [-0.3, -0.25) is 9.97 Å². The van der Waals surface area contributed by atoms with Crippen molar-refractivity contribution in [2.75, 3.05) is 36.2 Å². The third-order valence-corrected chi connectivity index (χ3v) is 4.68. The Kier molecular flexibility index (Phi) is 5.00. The highest BCUT2D eigenvalue weighted by Gasteiger charge is 2.15. The van der Waals surface area contributed by atoms with E-state index in [0.717, 1.165) is 37.8 Å². The lowest BCUT2D eigenvalue weighted by Crippen LogP contribution is -2.28. The molecule has 0 saturated heterocycles. The molecule has 0 aliphatic carbocycles. The Balaban J connectivity index is 1.15. The predicted octanol–water partition coefficient (Wildman–Crippen LogP) is 3.06. The molecule has 2 aromatic heterocycles. The van der Waals surface area contributed by atoms with Crippen LogP contribution in [0.4, 0.5) is 11.4 Å². The second-order valence-corrected chi connectivity index (χ2v) is 6.57. The number of pyridine rings is 2. The Labute approximate surface area is 154 Å². The fraction of sp³-hybridized carbons (Fsp3) is 0.300. The Hall–Kier alpha value is -3.02. The van der Waals surface area contributed by atoms with E-state index in [2.05, 4.69) is 66.5 Å². The molecule has 26 heavy (non-hydrogen) atoms. The summed E-state index contributed by atoms with van der Waals surface area (Å²) < 4.78 is 0. The molecule has 6 nitrogen and oxygen atoms in total. The van der Waals surface area contributed by atoms with Crippen LogP contribution in [0.5, 0.6) is 0 Å². The lowest BCUT2D eigenvalue weighted by molar-refractivity contribution is 0.354. The highest BCUT2D eigenvalue weighted by molar-refractivity contribution is 5.48. The van der Waals surface area contributed by atoms with E-state index in [9.17, 15) is 0 Å². The molecule has 2 aromatic rings. The van der Waals surface area contributed by atoms with E-state index in [1.54, 1.807) is 0 Å². The Morgan fingerprint density at radius 3 is 1.62 bits per heavy atom. The van der Waals surface area contributed by atoms with Crippen LogP contribution in [0.15, 0.2) is 73.9 Å². The van der Waals surface area contributed by atoms with Crippen LogP contribution in [0.25, 0.3) is 0 Å². The van der Waals surface area contributed by atoms with Crippen molar-refractivity contribution in [3.8, 4) is 0 Å². The zero-order valence-electron chi connectivity index (χ0n) is 14.9. The van der Waals surface area contributed by atoms with E-state index in [1.165, 1.54) is 12.8 Å². The average Bonchev–Trinajstić information content (AvgIpc) is 3.37. The summed E-state index contributed by atoms with van der Waals surface area (Å²) in [5, 5.41) is 0. The first-order chi connectivity index (χ1) is 12.9. The van der Waals surface area contributed by atoms with E-state index in [4.69, 9.17) is 0 Å². The third kappa shape index (κ3) is 3.96. The summed E-state index contributed by atoms with van der Waals surface area (Å²) in [4.78, 5) is 17.5. The minimum atomic E-state index is 0.907. The number of aromatic nitrogens is 2. The van der Waals surface area contributed by atoms with Gasteiger partial charge in [-0.1, -0.05) is 0 Å². The Morgan fingerprint density at radius 1 is 0.692 bits per heavy atom. The second-order valence-electron chi connectivity index (χ2n) is 6.57. The van der Waals surface area contributed by atoms with Crippen LogP contribution in [0, 0.1) is 0 Å². The predicted molar refractivity (Wildman–Crippen MR) is 104 cm³/mol. The van der Waals surface area contributed by atoms with Crippen LogP contribution < -0.4 is 9.80 Å². The molecule has 0 fully saturated rings. The van der Waals surface area contributed by atoms with Gasteiger partial charge in [0.15, 0.2) is 0 Å². The molecule has 134 valence electrons. The molecule has 0 saturated carbocycles. The minimum Gasteiger partial charge on any atom is -0.358 e. The van der Waals surface area contributed by atoms with Crippen LogP contribution >= 0.6 is 0 Å². The quantitative estimate of drug-likeness (QED) is 0.716. The fourth-order valence-electron chi connectivity index (χ4n) is 3.23. The number of unbranched alkanes of at least 4 members (excludes halogenated alkanes) is 1. The van der Waals surface area contributed by atoms with Crippen molar-refractivity contribution < 1.29 is 0 Å². The number of hydrogen-bond donors (Lipinski definition) is 0. The van der Waals surface area contributed by atoms with Gasteiger partial charge in [0.1, 0.15) is 0 Å². The molecule has 0 N–H and O–H groups in total. The van der Waals surface area contributed by atoms with Crippen molar-refractivity contribution in [1.29, 1.82) is 0 Å². The molecule has 4 heterocycles. The molecule has 2 aliphatic rings. The summed E-state index contributed by atoms with van der Waals surface area (Å²) >= 11 is 0. The van der Waals surface area contributed by atoms with Gasteiger partial charge >= 0.3 is 0 Å². The molecule has 0 atom stereocenters. The molecular formula is C20H24N6. The Morgan fingerprint density at radius 2 is 1.19 bits per heavy atom. The van der Waals surface area contributed by atoms with Crippen LogP contribution in [0.2, 0.25) is 0 Å². The molecular weight excluding hydrogens is 324 g/mol. The number of rotatable bonds is 7. The second kappa shape index (κ2) is 7.91. The van der Waals surface area contributed by atoms with Gasteiger partial charge in [-0.25, -0.2) is 0 Å². The lowest BCUT2D eigenvalue weighted by atomic mass is 10.3. The van der Waals surface area contributed by atoms with E-state index < -0.39 is 0 Å². The van der Waals surface area contributed by atoms with Crippen LogP contribution in [0.1, 0.15) is 12.8 Å². The molecule has 0 radical (unpaired) electrons. The van der Waals surface area contributed by atoms with Crippen LogP contribution in [-0.2, 0) is 0 Å². The van der Waals surface area contributed by atoms with E-state index in [-0.39, 0.29) is 0 Å². The molecule has 0 spiro atoms. The largest absolute Gasteiger partial charge is 0.358 e. The standard InChI is InChI=1S/C20H24N6/c1(9-23-11-13-25(17-23)19-5-3-7-21-15-19)2-10-24-12-14-26(18-24)20-6-4-8-22-16-20/h3-8,11-16H,1-2,9-10,17-18H2. The van der Waals surface area contributed by atoms with Crippen LogP contribution in [0.3, 0.4) is 0 Å². The van der Waals surface area contributed by atoms with E-state index >= 15 is 0 Å². The number of hydrogen-bond acceptors (Lipinski definition) is 6. The molecule has 0 amide bonds. The molecule has 0 bridgehead atoms. The number of anilines is 2. The molecule has 6 heteroatoms. The molecule has 0 unspecified atom stereocenters. The average molecular weight is 348 g/mol. The van der Waals surface area contributed by atoms with Gasteiger partial charge in [-0.2, -0.15) is 0 Å². The fourth-order valence-corrected chi connectivity index (χ4v) is 3.23. The summed E-state index contributed by atoms with van der Waals surface area (Å²) in [5.74, 6) is 0. The SMILES string of the molecule is C1=CN(c2cccnc2)CN1CCCCN1C=CN(c2cccnc2)C1. The maximum Gasteiger partial charge on any atom is 0.0942 e. The smallest absolute Gasteiger partial charge is 0.0942 e. The molecule has 0 aromatic carbocycles. The maximum absolute atomic E-state index is 4.19. The first-order valence-electron chi connectivity index (χ1n) is 9.06. The first kappa shape index (κ1) is 16.4. The highest BCUT2D eigenvalue weighted by Crippen LogP contribution is 2.19. The van der Waals surface area contributed by atoms with Crippen molar-refractivity contribution in [3.63, 3.8) is 0 Å². The lowest BCUT2D eigenvalue weighted by Gasteiger charge is -2.23. The molecule has 2 aliphatic heterocycles. The van der Waals surface area contributed by atoms with Gasteiger partial charge in [0.05, 0.1) is 37.1 Å². The topological polar surface area (TPSA) is 38.7 Å². The van der Waals surface area contributed by atoms with Crippen molar-refractivity contribution in [3.05, 3.63) is 73.9 Å². The summed E-state index contributed by atoms with van der Waals surface area (Å²) in [7, 11) is 0. The summed E-state index contributed by atoms with van der Waals surface area (Å²) in [6.07, 6.45) is 18.4. The first-order valence-corrected chi connectivity index (χ1v) is 9.06. The van der Waals surface area contributed by atoms with Crippen molar-refractivity contribution in [2.24, 2.45) is 0 Å². The molecule has 4 rings (SSSR count). The number of nitrogens with zero attached hydrogens (tertiary/aromatic N) is 6. The van der Waals surface area contributed by atoms with Gasteiger partial charge in [0.2, 0.25) is 0 Å². The van der Waals surface area contributed by atoms with Gasteiger partial charge in [-0.15, -0.1) is 0 Å².